The lowest BCUT2D eigenvalue weighted by Gasteiger charge is -2.21. The van der Waals surface area contributed by atoms with Crippen LogP contribution in [0, 0.1) is 5.92 Å². The fourth-order valence-electron chi connectivity index (χ4n) is 1.81. The number of alkyl halides is 1. The number of halogens is 1. The quantitative estimate of drug-likeness (QED) is 0.736. The Labute approximate surface area is 100.0 Å². The third-order valence-corrected chi connectivity index (χ3v) is 3.56. The van der Waals surface area contributed by atoms with Crippen molar-refractivity contribution < 1.29 is 4.74 Å². The summed E-state index contributed by atoms with van der Waals surface area (Å²) in [5, 5.41) is 0.869. The molecule has 0 saturated heterocycles. The second-order valence-corrected chi connectivity index (χ2v) is 4.88. The van der Waals surface area contributed by atoms with E-state index in [9.17, 15) is 0 Å². The largest absolute Gasteiger partial charge is 0.369 e. The summed E-state index contributed by atoms with van der Waals surface area (Å²) in [6, 6.07) is 10.4. The first-order valence-corrected chi connectivity index (χ1v) is 6.69. The number of hydrogen-bond donors (Lipinski definition) is 0. The maximum Gasteiger partial charge on any atom is 0.0925 e. The number of rotatable bonds is 5. The van der Waals surface area contributed by atoms with Gasteiger partial charge in [-0.1, -0.05) is 46.3 Å². The first kappa shape index (κ1) is 11.2. The predicted molar refractivity (Wildman–Crippen MR) is 66.2 cm³/mol. The molecule has 1 fully saturated rings. The Balaban J connectivity index is 1.97. The van der Waals surface area contributed by atoms with Crippen LogP contribution in [0.15, 0.2) is 30.3 Å². The maximum atomic E-state index is 6.06. The van der Waals surface area contributed by atoms with Crippen LogP contribution >= 0.6 is 15.9 Å². The van der Waals surface area contributed by atoms with Crippen LogP contribution in [0.2, 0.25) is 0 Å². The average molecular weight is 269 g/mol. The summed E-state index contributed by atoms with van der Waals surface area (Å²) < 4.78 is 6.06. The Kier molecular flexibility index (Phi) is 3.81. The molecule has 0 amide bonds. The van der Waals surface area contributed by atoms with Crippen molar-refractivity contribution in [2.24, 2.45) is 5.92 Å². The van der Waals surface area contributed by atoms with Crippen molar-refractivity contribution in [1.82, 2.24) is 0 Å². The molecule has 0 bridgehead atoms. The van der Waals surface area contributed by atoms with Gasteiger partial charge in [-0.25, -0.2) is 0 Å². The lowest BCUT2D eigenvalue weighted by atomic mass is 10.1. The minimum atomic E-state index is 0.196. The topological polar surface area (TPSA) is 9.23 Å². The monoisotopic (exact) mass is 268 g/mol. The molecule has 0 spiro atoms. The normalized spacial score (nSPS) is 19.9. The lowest BCUT2D eigenvalue weighted by Crippen LogP contribution is -2.16. The fraction of sp³-hybridized carbons (Fsp3) is 0.538. The molecule has 2 heteroatoms. The smallest absolute Gasteiger partial charge is 0.0925 e. The lowest BCUT2D eigenvalue weighted by molar-refractivity contribution is -0.00151. The molecular formula is C13H17BrO. The molecule has 15 heavy (non-hydrogen) atoms. The molecular weight excluding hydrogens is 252 g/mol. The molecule has 0 heterocycles. The molecule has 1 aromatic carbocycles. The summed E-state index contributed by atoms with van der Waals surface area (Å²) in [5.74, 6) is 0.801. The Morgan fingerprint density at radius 2 is 2.00 bits per heavy atom. The van der Waals surface area contributed by atoms with Gasteiger partial charge in [0.15, 0.2) is 0 Å². The van der Waals surface area contributed by atoms with Gasteiger partial charge in [0.2, 0.25) is 0 Å². The molecule has 0 aromatic heterocycles. The molecule has 1 aromatic rings. The minimum Gasteiger partial charge on any atom is -0.369 e. The summed E-state index contributed by atoms with van der Waals surface area (Å²) in [6.07, 6.45) is 3.27. The Bertz CT molecular complexity index is 295. The standard InChI is InChI=1S/C13H17BrO/c1-10(11-7-8-11)15-13(9-14)12-5-3-2-4-6-12/h2-6,10-11,13H,7-9H2,1H3. The molecule has 82 valence electrons. The van der Waals surface area contributed by atoms with Crippen molar-refractivity contribution in [1.29, 1.82) is 0 Å². The van der Waals surface area contributed by atoms with Crippen LogP contribution < -0.4 is 0 Å². The molecule has 2 rings (SSSR count). The van der Waals surface area contributed by atoms with E-state index < -0.39 is 0 Å². The molecule has 1 saturated carbocycles. The van der Waals surface area contributed by atoms with Gasteiger partial charge in [0.05, 0.1) is 12.2 Å². The van der Waals surface area contributed by atoms with E-state index in [0.29, 0.717) is 6.10 Å². The minimum absolute atomic E-state index is 0.196. The zero-order valence-electron chi connectivity index (χ0n) is 9.03. The van der Waals surface area contributed by atoms with Gasteiger partial charge in [-0.15, -0.1) is 0 Å². The van der Waals surface area contributed by atoms with Crippen molar-refractivity contribution in [3.05, 3.63) is 35.9 Å². The third-order valence-electron chi connectivity index (χ3n) is 2.98. The zero-order chi connectivity index (χ0) is 10.7. The van der Waals surface area contributed by atoms with Crippen LogP contribution in [0.25, 0.3) is 0 Å². The first-order valence-electron chi connectivity index (χ1n) is 5.57. The molecule has 0 N–H and O–H groups in total. The molecule has 1 aliphatic carbocycles. The molecule has 1 nitrogen and oxygen atoms in total. The van der Waals surface area contributed by atoms with E-state index in [1.54, 1.807) is 0 Å². The Morgan fingerprint density at radius 3 is 2.53 bits per heavy atom. The number of ether oxygens (including phenoxy) is 1. The average Bonchev–Trinajstić information content (AvgIpc) is 3.10. The number of hydrogen-bond acceptors (Lipinski definition) is 1. The van der Waals surface area contributed by atoms with Crippen LogP contribution in [0.4, 0.5) is 0 Å². The van der Waals surface area contributed by atoms with E-state index in [1.807, 2.05) is 6.07 Å². The van der Waals surface area contributed by atoms with Crippen molar-refractivity contribution in [3.8, 4) is 0 Å². The molecule has 0 aliphatic heterocycles. The fourth-order valence-corrected chi connectivity index (χ4v) is 2.33. The Hall–Kier alpha value is -0.340. The van der Waals surface area contributed by atoms with E-state index >= 15 is 0 Å². The summed E-state index contributed by atoms with van der Waals surface area (Å²) in [7, 11) is 0. The van der Waals surface area contributed by atoms with Crippen LogP contribution in [0.1, 0.15) is 31.4 Å². The van der Waals surface area contributed by atoms with Crippen LogP contribution in [-0.2, 0) is 4.74 Å². The summed E-state index contributed by atoms with van der Waals surface area (Å²) in [5.41, 5.74) is 1.27. The highest BCUT2D eigenvalue weighted by molar-refractivity contribution is 9.09. The van der Waals surface area contributed by atoms with Gasteiger partial charge in [-0.05, 0) is 31.2 Å². The van der Waals surface area contributed by atoms with E-state index in [1.165, 1.54) is 18.4 Å². The van der Waals surface area contributed by atoms with Crippen molar-refractivity contribution in [3.63, 3.8) is 0 Å². The first-order chi connectivity index (χ1) is 7.31. The molecule has 0 radical (unpaired) electrons. The summed E-state index contributed by atoms with van der Waals surface area (Å²) in [4.78, 5) is 0. The molecule has 1 aliphatic rings. The van der Waals surface area contributed by atoms with Crippen molar-refractivity contribution in [2.75, 3.05) is 5.33 Å². The van der Waals surface area contributed by atoms with Gasteiger partial charge in [0, 0.05) is 5.33 Å². The highest BCUT2D eigenvalue weighted by atomic mass is 79.9. The van der Waals surface area contributed by atoms with Gasteiger partial charge in [0.25, 0.3) is 0 Å². The highest BCUT2D eigenvalue weighted by Gasteiger charge is 2.30. The van der Waals surface area contributed by atoms with E-state index in [4.69, 9.17) is 4.74 Å². The van der Waals surface area contributed by atoms with E-state index in [-0.39, 0.29) is 6.10 Å². The van der Waals surface area contributed by atoms with Gasteiger partial charge < -0.3 is 4.74 Å². The predicted octanol–water partition coefficient (Wildman–Crippen LogP) is 3.94. The number of benzene rings is 1. The van der Waals surface area contributed by atoms with Crippen LogP contribution in [0.5, 0.6) is 0 Å². The van der Waals surface area contributed by atoms with E-state index in [2.05, 4.69) is 47.1 Å². The molecule has 2 unspecified atom stereocenters. The van der Waals surface area contributed by atoms with Crippen molar-refractivity contribution >= 4 is 15.9 Å². The van der Waals surface area contributed by atoms with Crippen LogP contribution in [0.3, 0.4) is 0 Å². The van der Waals surface area contributed by atoms with Gasteiger partial charge in [0.1, 0.15) is 0 Å². The highest BCUT2D eigenvalue weighted by Crippen LogP contribution is 2.36. The summed E-state index contributed by atoms with van der Waals surface area (Å²) >= 11 is 3.53. The zero-order valence-corrected chi connectivity index (χ0v) is 10.6. The molecule has 2 atom stereocenters. The van der Waals surface area contributed by atoms with Gasteiger partial charge in [-0.3, -0.25) is 0 Å². The summed E-state index contributed by atoms with van der Waals surface area (Å²) in [6.45, 7) is 2.19. The van der Waals surface area contributed by atoms with Crippen LogP contribution in [-0.4, -0.2) is 11.4 Å². The SMILES string of the molecule is CC(OC(CBr)c1ccccc1)C1CC1. The second kappa shape index (κ2) is 5.13. The van der Waals surface area contributed by atoms with Crippen molar-refractivity contribution in [2.45, 2.75) is 32.0 Å². The maximum absolute atomic E-state index is 6.06. The van der Waals surface area contributed by atoms with E-state index in [0.717, 1.165) is 11.2 Å². The second-order valence-electron chi connectivity index (χ2n) is 4.23. The third kappa shape index (κ3) is 3.05. The van der Waals surface area contributed by atoms with Gasteiger partial charge in [-0.2, -0.15) is 0 Å². The Morgan fingerprint density at radius 1 is 1.33 bits per heavy atom. The van der Waals surface area contributed by atoms with Gasteiger partial charge >= 0.3 is 0 Å².